The van der Waals surface area contributed by atoms with Gasteiger partial charge in [0.15, 0.2) is 0 Å². The van der Waals surface area contributed by atoms with Crippen LogP contribution >= 0.6 is 0 Å². The Morgan fingerprint density at radius 2 is 1.08 bits per heavy atom. The fourth-order valence-electron chi connectivity index (χ4n) is 4.65. The van der Waals surface area contributed by atoms with Crippen molar-refractivity contribution in [3.8, 4) is 0 Å². The molecule has 3 aromatic carbocycles. The first kappa shape index (κ1) is 28.0. The summed E-state index contributed by atoms with van der Waals surface area (Å²) in [6.07, 6.45) is 2.46. The molecule has 0 amide bonds. The Morgan fingerprint density at radius 1 is 0.579 bits per heavy atom. The predicted molar refractivity (Wildman–Crippen MR) is 150 cm³/mol. The standard InChI is InChI=1S/C33H38O5/c1-3-14-29-31(35-21-4-2)33(37-24-28-19-12-7-13-20-28)32(36-23-27-17-10-6-11-18-27)30(38-29)25-34-22-26-15-8-5-9-16-26/h3-13,15-20,29-33H,1-2,14,21-25H2/t29-,30+,31-,32+,33+/m0/s1. The molecule has 0 N–H and O–H groups in total. The van der Waals surface area contributed by atoms with Gasteiger partial charge in [-0.2, -0.15) is 0 Å². The Hall–Kier alpha value is -3.06. The van der Waals surface area contributed by atoms with E-state index in [2.05, 4.69) is 49.6 Å². The molecule has 0 unspecified atom stereocenters. The molecule has 0 bridgehead atoms. The maximum Gasteiger partial charge on any atom is 0.115 e. The van der Waals surface area contributed by atoms with Crippen LogP contribution in [0.4, 0.5) is 0 Å². The minimum atomic E-state index is -0.412. The summed E-state index contributed by atoms with van der Waals surface area (Å²) in [6, 6.07) is 30.4. The topological polar surface area (TPSA) is 46.2 Å². The lowest BCUT2D eigenvalue weighted by molar-refractivity contribution is -0.268. The summed E-state index contributed by atoms with van der Waals surface area (Å²) in [6.45, 7) is 9.88. The third kappa shape index (κ3) is 8.22. The SMILES string of the molecule is C=CCO[C@@H]1[C@@H](OCc2ccccc2)[C@H](OCc2ccccc2)[C@@H](COCc2ccccc2)O[C@H]1CC=C. The van der Waals surface area contributed by atoms with E-state index < -0.39 is 6.10 Å². The third-order valence-corrected chi connectivity index (χ3v) is 6.50. The minimum absolute atomic E-state index is 0.255. The molecule has 0 aliphatic carbocycles. The fourth-order valence-corrected chi connectivity index (χ4v) is 4.65. The van der Waals surface area contributed by atoms with Gasteiger partial charge in [0, 0.05) is 0 Å². The Labute approximate surface area is 226 Å². The van der Waals surface area contributed by atoms with Gasteiger partial charge in [0.25, 0.3) is 0 Å². The van der Waals surface area contributed by atoms with Crippen LogP contribution in [0.2, 0.25) is 0 Å². The maximum absolute atomic E-state index is 6.60. The molecule has 200 valence electrons. The third-order valence-electron chi connectivity index (χ3n) is 6.50. The molecule has 0 radical (unpaired) electrons. The minimum Gasteiger partial charge on any atom is -0.374 e. The van der Waals surface area contributed by atoms with Crippen LogP contribution < -0.4 is 0 Å². The lowest BCUT2D eigenvalue weighted by Crippen LogP contribution is -2.61. The van der Waals surface area contributed by atoms with E-state index in [1.54, 1.807) is 6.08 Å². The van der Waals surface area contributed by atoms with Gasteiger partial charge in [0.05, 0.1) is 39.1 Å². The molecule has 3 aromatic rings. The molecule has 1 heterocycles. The van der Waals surface area contributed by atoms with Gasteiger partial charge in [-0.3, -0.25) is 0 Å². The van der Waals surface area contributed by atoms with Crippen molar-refractivity contribution in [1.29, 1.82) is 0 Å². The monoisotopic (exact) mass is 514 g/mol. The van der Waals surface area contributed by atoms with Crippen molar-refractivity contribution in [2.75, 3.05) is 13.2 Å². The van der Waals surface area contributed by atoms with E-state index in [1.165, 1.54) is 0 Å². The zero-order valence-corrected chi connectivity index (χ0v) is 21.9. The molecular formula is C33H38O5. The summed E-state index contributed by atoms with van der Waals surface area (Å²) < 4.78 is 32.2. The summed E-state index contributed by atoms with van der Waals surface area (Å²) in [4.78, 5) is 0. The van der Waals surface area contributed by atoms with Gasteiger partial charge in [0.2, 0.25) is 0 Å². The first-order chi connectivity index (χ1) is 18.8. The van der Waals surface area contributed by atoms with Gasteiger partial charge >= 0.3 is 0 Å². The van der Waals surface area contributed by atoms with Crippen LogP contribution in [0.15, 0.2) is 116 Å². The lowest BCUT2D eigenvalue weighted by Gasteiger charge is -2.46. The predicted octanol–water partition coefficient (Wildman–Crippen LogP) is 6.29. The van der Waals surface area contributed by atoms with E-state index in [0.29, 0.717) is 39.5 Å². The highest BCUT2D eigenvalue weighted by atomic mass is 16.6. The van der Waals surface area contributed by atoms with Gasteiger partial charge < -0.3 is 23.7 Å². The average molecular weight is 515 g/mol. The molecule has 38 heavy (non-hydrogen) atoms. The van der Waals surface area contributed by atoms with E-state index in [0.717, 1.165) is 16.7 Å². The smallest absolute Gasteiger partial charge is 0.115 e. The molecular weight excluding hydrogens is 476 g/mol. The van der Waals surface area contributed by atoms with E-state index >= 15 is 0 Å². The molecule has 1 fully saturated rings. The first-order valence-electron chi connectivity index (χ1n) is 13.2. The van der Waals surface area contributed by atoms with Crippen molar-refractivity contribution in [3.05, 3.63) is 133 Å². The molecule has 0 spiro atoms. The average Bonchev–Trinajstić information content (AvgIpc) is 2.96. The molecule has 5 nitrogen and oxygen atoms in total. The van der Waals surface area contributed by atoms with Crippen molar-refractivity contribution in [2.24, 2.45) is 0 Å². The quantitative estimate of drug-likeness (QED) is 0.223. The van der Waals surface area contributed by atoms with Gasteiger partial charge in [-0.1, -0.05) is 103 Å². The molecule has 4 rings (SSSR count). The van der Waals surface area contributed by atoms with Crippen molar-refractivity contribution in [3.63, 3.8) is 0 Å². The molecule has 0 aromatic heterocycles. The summed E-state index contributed by atoms with van der Waals surface area (Å²) in [5.41, 5.74) is 3.27. The highest BCUT2D eigenvalue weighted by molar-refractivity contribution is 5.15. The summed E-state index contributed by atoms with van der Waals surface area (Å²) in [7, 11) is 0. The second kappa shape index (κ2) is 15.4. The highest BCUT2D eigenvalue weighted by Gasteiger charge is 2.47. The second-order valence-corrected chi connectivity index (χ2v) is 9.35. The molecule has 5 heteroatoms. The maximum atomic E-state index is 6.60. The van der Waals surface area contributed by atoms with Crippen molar-refractivity contribution < 1.29 is 23.7 Å². The molecule has 0 saturated carbocycles. The van der Waals surface area contributed by atoms with Gasteiger partial charge in [-0.05, 0) is 23.1 Å². The van der Waals surface area contributed by atoms with E-state index in [4.69, 9.17) is 23.7 Å². The number of hydrogen-bond acceptors (Lipinski definition) is 5. The van der Waals surface area contributed by atoms with E-state index in [1.807, 2.05) is 60.7 Å². The first-order valence-corrected chi connectivity index (χ1v) is 13.2. The van der Waals surface area contributed by atoms with Gasteiger partial charge in [-0.25, -0.2) is 0 Å². The normalized spacial score (nSPS) is 23.1. The summed E-state index contributed by atoms with van der Waals surface area (Å²) in [5, 5.41) is 0. The van der Waals surface area contributed by atoms with Crippen molar-refractivity contribution in [2.45, 2.75) is 56.8 Å². The van der Waals surface area contributed by atoms with Crippen LogP contribution in [0.25, 0.3) is 0 Å². The van der Waals surface area contributed by atoms with Crippen LogP contribution in [0.5, 0.6) is 0 Å². The van der Waals surface area contributed by atoms with E-state index in [-0.39, 0.29) is 24.4 Å². The zero-order chi connectivity index (χ0) is 26.4. The Bertz CT molecular complexity index is 1070. The van der Waals surface area contributed by atoms with Crippen molar-refractivity contribution >= 4 is 0 Å². The molecule has 5 atom stereocenters. The largest absolute Gasteiger partial charge is 0.374 e. The van der Waals surface area contributed by atoms with Crippen molar-refractivity contribution in [1.82, 2.24) is 0 Å². The zero-order valence-electron chi connectivity index (χ0n) is 21.9. The van der Waals surface area contributed by atoms with E-state index in [9.17, 15) is 0 Å². The van der Waals surface area contributed by atoms with Crippen LogP contribution in [0, 0.1) is 0 Å². The molecule has 1 saturated heterocycles. The number of benzene rings is 3. The van der Waals surface area contributed by atoms with Gasteiger partial charge in [0.1, 0.15) is 24.4 Å². The fraction of sp³-hybridized carbons (Fsp3) is 0.333. The van der Waals surface area contributed by atoms with Gasteiger partial charge in [-0.15, -0.1) is 13.2 Å². The van der Waals surface area contributed by atoms with Crippen LogP contribution in [0.3, 0.4) is 0 Å². The summed E-state index contributed by atoms with van der Waals surface area (Å²) in [5.74, 6) is 0. The Kier molecular flexibility index (Phi) is 11.3. The lowest BCUT2D eigenvalue weighted by atomic mass is 9.92. The second-order valence-electron chi connectivity index (χ2n) is 9.35. The number of ether oxygens (including phenoxy) is 5. The van der Waals surface area contributed by atoms with Crippen LogP contribution in [0.1, 0.15) is 23.1 Å². The van der Waals surface area contributed by atoms with Crippen LogP contribution in [-0.2, 0) is 43.5 Å². The highest BCUT2D eigenvalue weighted by Crippen LogP contribution is 2.32. The van der Waals surface area contributed by atoms with Crippen LogP contribution in [-0.4, -0.2) is 43.7 Å². The number of rotatable bonds is 15. The number of hydrogen-bond donors (Lipinski definition) is 0. The molecule has 1 aliphatic rings. The summed E-state index contributed by atoms with van der Waals surface area (Å²) >= 11 is 0. The molecule has 1 aliphatic heterocycles. The Balaban J connectivity index is 1.57. The Morgan fingerprint density at radius 3 is 1.61 bits per heavy atom.